The first-order valence-electron chi connectivity index (χ1n) is 12.2. The van der Waals surface area contributed by atoms with Crippen LogP contribution in [0, 0.1) is 5.92 Å². The fraction of sp³-hybridized carbons (Fsp3) is 0.321. The molecule has 1 heterocycles. The molecule has 190 valence electrons. The van der Waals surface area contributed by atoms with Gasteiger partial charge in [0.05, 0.1) is 29.8 Å². The Morgan fingerprint density at radius 1 is 0.944 bits per heavy atom. The van der Waals surface area contributed by atoms with E-state index < -0.39 is 10.0 Å². The number of ether oxygens (including phenoxy) is 2. The van der Waals surface area contributed by atoms with Crippen molar-refractivity contribution in [2.45, 2.75) is 38.1 Å². The summed E-state index contributed by atoms with van der Waals surface area (Å²) in [5.41, 5.74) is 1.90. The Bertz CT molecular complexity index is 1290. The minimum absolute atomic E-state index is 0.113. The largest absolute Gasteiger partial charge is 0.490 e. The highest BCUT2D eigenvalue weighted by Crippen LogP contribution is 2.34. The number of fused-ring (bicyclic) bond motifs is 1. The van der Waals surface area contributed by atoms with Gasteiger partial charge in [0.15, 0.2) is 11.5 Å². The second kappa shape index (κ2) is 11.0. The van der Waals surface area contributed by atoms with E-state index in [9.17, 15) is 13.2 Å². The molecule has 1 N–H and O–H groups in total. The highest BCUT2D eigenvalue weighted by molar-refractivity contribution is 7.92. The van der Waals surface area contributed by atoms with Crippen LogP contribution in [0.25, 0.3) is 0 Å². The number of benzene rings is 3. The molecule has 8 heteroatoms. The van der Waals surface area contributed by atoms with Crippen molar-refractivity contribution >= 4 is 21.6 Å². The van der Waals surface area contributed by atoms with Crippen LogP contribution in [-0.2, 0) is 10.0 Å². The number of carbonyl (C=O) groups is 1. The summed E-state index contributed by atoms with van der Waals surface area (Å²) in [7, 11) is -3.76. The van der Waals surface area contributed by atoms with Gasteiger partial charge in [-0.3, -0.25) is 9.10 Å². The van der Waals surface area contributed by atoms with Crippen LogP contribution in [0.5, 0.6) is 11.5 Å². The van der Waals surface area contributed by atoms with Crippen molar-refractivity contribution in [3.05, 3.63) is 83.9 Å². The molecule has 0 saturated heterocycles. The van der Waals surface area contributed by atoms with Crippen LogP contribution in [-0.4, -0.2) is 34.1 Å². The zero-order valence-corrected chi connectivity index (χ0v) is 21.6. The van der Waals surface area contributed by atoms with E-state index in [-0.39, 0.29) is 22.8 Å². The van der Waals surface area contributed by atoms with Crippen molar-refractivity contribution in [1.82, 2.24) is 5.32 Å². The number of amides is 1. The van der Waals surface area contributed by atoms with Gasteiger partial charge >= 0.3 is 0 Å². The van der Waals surface area contributed by atoms with Crippen LogP contribution >= 0.6 is 0 Å². The molecule has 0 aromatic heterocycles. The van der Waals surface area contributed by atoms with E-state index in [1.807, 2.05) is 38.1 Å². The van der Waals surface area contributed by atoms with Crippen LogP contribution < -0.4 is 19.1 Å². The number of hydrogen-bond acceptors (Lipinski definition) is 5. The van der Waals surface area contributed by atoms with Crippen molar-refractivity contribution in [1.29, 1.82) is 0 Å². The molecular weight excluding hydrogens is 476 g/mol. The normalized spacial score (nSPS) is 14.1. The average molecular weight is 509 g/mol. The lowest BCUT2D eigenvalue weighted by molar-refractivity contribution is 0.0925. The molecule has 1 atom stereocenters. The van der Waals surface area contributed by atoms with Crippen molar-refractivity contribution in [3.8, 4) is 11.5 Å². The fourth-order valence-electron chi connectivity index (χ4n) is 4.22. The molecule has 1 aliphatic heterocycles. The van der Waals surface area contributed by atoms with Crippen molar-refractivity contribution < 1.29 is 22.7 Å². The van der Waals surface area contributed by atoms with E-state index in [1.165, 1.54) is 16.4 Å². The number of para-hydroxylation sites is 1. The zero-order valence-electron chi connectivity index (χ0n) is 20.8. The molecule has 0 unspecified atom stereocenters. The van der Waals surface area contributed by atoms with Crippen molar-refractivity contribution in [3.63, 3.8) is 0 Å². The predicted octanol–water partition coefficient (Wildman–Crippen LogP) is 5.19. The SMILES string of the molecule is CCN(c1ccccc1)S(=O)(=O)c1ccc(C(=O)N[C@@H](c2ccc3c(c2)OCCCO3)C(C)C)cc1. The Morgan fingerprint density at radius 2 is 1.61 bits per heavy atom. The summed E-state index contributed by atoms with van der Waals surface area (Å²) in [5.74, 6) is 1.22. The zero-order chi connectivity index (χ0) is 25.7. The van der Waals surface area contributed by atoms with Gasteiger partial charge in [0.25, 0.3) is 15.9 Å². The molecule has 0 bridgehead atoms. The fourth-order valence-corrected chi connectivity index (χ4v) is 5.70. The number of sulfonamides is 1. The molecule has 1 amide bonds. The number of nitrogens with one attached hydrogen (secondary N) is 1. The van der Waals surface area contributed by atoms with Crippen molar-refractivity contribution in [2.24, 2.45) is 5.92 Å². The van der Waals surface area contributed by atoms with Crippen molar-refractivity contribution in [2.75, 3.05) is 24.1 Å². The maximum atomic E-state index is 13.2. The smallest absolute Gasteiger partial charge is 0.264 e. The summed E-state index contributed by atoms with van der Waals surface area (Å²) in [6, 6.07) is 20.5. The monoisotopic (exact) mass is 508 g/mol. The third-order valence-corrected chi connectivity index (χ3v) is 8.04. The highest BCUT2D eigenvalue weighted by atomic mass is 32.2. The Labute approximate surface area is 213 Å². The van der Waals surface area contributed by atoms with Crippen LogP contribution in [0.3, 0.4) is 0 Å². The summed E-state index contributed by atoms with van der Waals surface area (Å²) in [4.78, 5) is 13.3. The second-order valence-electron chi connectivity index (χ2n) is 8.98. The summed E-state index contributed by atoms with van der Waals surface area (Å²) in [5, 5.41) is 3.09. The minimum atomic E-state index is -3.76. The number of carbonyl (C=O) groups excluding carboxylic acids is 1. The van der Waals surface area contributed by atoms with Gasteiger partial charge in [-0.2, -0.15) is 0 Å². The molecule has 3 aromatic rings. The topological polar surface area (TPSA) is 84.9 Å². The van der Waals surface area contributed by atoms with E-state index in [1.54, 1.807) is 43.3 Å². The molecule has 7 nitrogen and oxygen atoms in total. The first-order chi connectivity index (χ1) is 17.3. The predicted molar refractivity (Wildman–Crippen MR) is 140 cm³/mol. The van der Waals surface area contributed by atoms with Crippen LogP contribution in [0.15, 0.2) is 77.7 Å². The molecule has 0 spiro atoms. The second-order valence-corrected chi connectivity index (χ2v) is 10.8. The molecule has 36 heavy (non-hydrogen) atoms. The van der Waals surface area contributed by atoms with Gasteiger partial charge in [-0.1, -0.05) is 38.1 Å². The van der Waals surface area contributed by atoms with Gasteiger partial charge in [-0.15, -0.1) is 0 Å². The summed E-state index contributed by atoms with van der Waals surface area (Å²) < 4.78 is 39.4. The van der Waals surface area contributed by atoms with E-state index in [0.29, 0.717) is 42.5 Å². The standard InChI is InChI=1S/C28H32N2O5S/c1-4-30(23-9-6-5-7-10-23)36(32,33)24-14-11-21(12-15-24)28(31)29-27(20(2)3)22-13-16-25-26(19-22)35-18-8-17-34-25/h5-7,9-16,19-20,27H,4,8,17-18H2,1-3H3,(H,29,31)/t27-/m1/s1. The third-order valence-electron chi connectivity index (χ3n) is 6.12. The van der Waals surface area contributed by atoms with E-state index >= 15 is 0 Å². The Kier molecular flexibility index (Phi) is 7.84. The molecule has 1 aliphatic rings. The maximum absolute atomic E-state index is 13.2. The molecule has 0 saturated carbocycles. The number of hydrogen-bond donors (Lipinski definition) is 1. The summed E-state index contributed by atoms with van der Waals surface area (Å²) in [6.45, 7) is 7.35. The Hall–Kier alpha value is -3.52. The van der Waals surface area contributed by atoms with E-state index in [2.05, 4.69) is 5.32 Å². The highest BCUT2D eigenvalue weighted by Gasteiger charge is 2.25. The summed E-state index contributed by atoms with van der Waals surface area (Å²) >= 11 is 0. The maximum Gasteiger partial charge on any atom is 0.264 e. The Balaban J connectivity index is 1.53. The molecular formula is C28H32N2O5S. The third kappa shape index (κ3) is 5.49. The quantitative estimate of drug-likeness (QED) is 0.453. The van der Waals surface area contributed by atoms with Crippen LogP contribution in [0.1, 0.15) is 49.2 Å². The van der Waals surface area contributed by atoms with Gasteiger partial charge in [0.2, 0.25) is 0 Å². The van der Waals surface area contributed by atoms with Crippen LogP contribution in [0.2, 0.25) is 0 Å². The number of anilines is 1. The first kappa shape index (κ1) is 25.6. The number of nitrogens with zero attached hydrogens (tertiary/aromatic N) is 1. The van der Waals surface area contributed by atoms with E-state index in [0.717, 1.165) is 12.0 Å². The molecule has 3 aromatic carbocycles. The number of rotatable bonds is 8. The van der Waals surface area contributed by atoms with Gasteiger partial charge < -0.3 is 14.8 Å². The van der Waals surface area contributed by atoms with E-state index in [4.69, 9.17) is 9.47 Å². The minimum Gasteiger partial charge on any atom is -0.490 e. The van der Waals surface area contributed by atoms with Gasteiger partial charge in [0.1, 0.15) is 0 Å². The van der Waals surface area contributed by atoms with Gasteiger partial charge in [-0.05, 0) is 66.9 Å². The lowest BCUT2D eigenvalue weighted by atomic mass is 9.95. The molecule has 0 radical (unpaired) electrons. The van der Waals surface area contributed by atoms with Gasteiger partial charge in [-0.25, -0.2) is 8.42 Å². The summed E-state index contributed by atoms with van der Waals surface area (Å²) in [6.07, 6.45) is 0.821. The van der Waals surface area contributed by atoms with Gasteiger partial charge in [0, 0.05) is 18.5 Å². The molecule has 0 fully saturated rings. The molecule has 0 aliphatic carbocycles. The first-order valence-corrected chi connectivity index (χ1v) is 13.6. The molecule has 4 rings (SSSR count). The van der Waals surface area contributed by atoms with Crippen LogP contribution in [0.4, 0.5) is 5.69 Å². The average Bonchev–Trinajstić information content (AvgIpc) is 3.13. The Morgan fingerprint density at radius 3 is 2.25 bits per heavy atom. The lowest BCUT2D eigenvalue weighted by Crippen LogP contribution is -2.32. The lowest BCUT2D eigenvalue weighted by Gasteiger charge is -2.24.